The minimum absolute atomic E-state index is 0.0352. The van der Waals surface area contributed by atoms with Crippen molar-refractivity contribution in [1.82, 2.24) is 4.98 Å². The molecule has 15 heavy (non-hydrogen) atoms. The van der Waals surface area contributed by atoms with Gasteiger partial charge in [0.25, 0.3) is 0 Å². The van der Waals surface area contributed by atoms with Crippen molar-refractivity contribution in [2.75, 3.05) is 6.61 Å². The molecule has 0 bridgehead atoms. The smallest absolute Gasteiger partial charge is 0.327 e. The Morgan fingerprint density at radius 3 is 2.93 bits per heavy atom. The van der Waals surface area contributed by atoms with E-state index in [-0.39, 0.29) is 23.0 Å². The fourth-order valence-corrected chi connectivity index (χ4v) is 1.38. The Labute approximate surface area is 92.7 Å². The first kappa shape index (κ1) is 11.5. The van der Waals surface area contributed by atoms with Crippen LogP contribution in [0.1, 0.15) is 23.0 Å². The molecular formula is C10H9ClN2O2. The molecule has 0 unspecified atom stereocenters. The summed E-state index contributed by atoms with van der Waals surface area (Å²) in [4.78, 5) is 18.5. The monoisotopic (exact) mass is 224 g/mol. The minimum atomic E-state index is -0.545. The number of rotatable bonds is 2. The quantitative estimate of drug-likeness (QED) is 0.441. The number of carbonyl (C=O) groups excluding carboxylic acids is 1. The second-order valence-corrected chi connectivity index (χ2v) is 3.14. The molecule has 0 saturated heterocycles. The van der Waals surface area contributed by atoms with Gasteiger partial charge < -0.3 is 4.74 Å². The fraction of sp³-hybridized carbons (Fsp3) is 0.300. The summed E-state index contributed by atoms with van der Waals surface area (Å²) in [5.74, 6) is -0.545. The summed E-state index contributed by atoms with van der Waals surface area (Å²) in [6, 6.07) is 1.50. The highest BCUT2D eigenvalue weighted by Crippen LogP contribution is 2.28. The predicted molar refractivity (Wildman–Crippen MR) is 56.2 cm³/mol. The third kappa shape index (κ3) is 2.45. The summed E-state index contributed by atoms with van der Waals surface area (Å²) in [6.07, 6.45) is 0. The lowest BCUT2D eigenvalue weighted by Crippen LogP contribution is -2.06. The fourth-order valence-electron chi connectivity index (χ4n) is 1.10. The Kier molecular flexibility index (Phi) is 3.64. The number of carbonyl (C=O) groups is 1. The van der Waals surface area contributed by atoms with Crippen LogP contribution < -0.4 is 0 Å². The average molecular weight is 225 g/mol. The molecule has 0 atom stereocenters. The Bertz CT molecular complexity index is 438. The predicted octanol–water partition coefficient (Wildman–Crippen LogP) is 2.77. The Balaban J connectivity index is 3.28. The van der Waals surface area contributed by atoms with Crippen molar-refractivity contribution in [2.24, 2.45) is 0 Å². The number of hydrogen-bond acceptors (Lipinski definition) is 3. The van der Waals surface area contributed by atoms with Gasteiger partial charge in [-0.15, -0.1) is 0 Å². The molecule has 1 rings (SSSR count). The lowest BCUT2D eigenvalue weighted by molar-refractivity contribution is 0.0527. The lowest BCUT2D eigenvalue weighted by Gasteiger charge is -2.05. The molecule has 0 amide bonds. The molecule has 4 nitrogen and oxygen atoms in total. The van der Waals surface area contributed by atoms with Gasteiger partial charge >= 0.3 is 5.97 Å². The summed E-state index contributed by atoms with van der Waals surface area (Å²) < 4.78 is 4.81. The zero-order valence-electron chi connectivity index (χ0n) is 8.37. The maximum atomic E-state index is 11.5. The number of aryl methyl sites for hydroxylation is 1. The first-order valence-electron chi connectivity index (χ1n) is 4.31. The zero-order chi connectivity index (χ0) is 11.4. The van der Waals surface area contributed by atoms with Crippen LogP contribution in [-0.4, -0.2) is 17.6 Å². The van der Waals surface area contributed by atoms with Crippen molar-refractivity contribution in [1.29, 1.82) is 0 Å². The van der Waals surface area contributed by atoms with Crippen LogP contribution in [0.25, 0.3) is 4.85 Å². The highest BCUT2D eigenvalue weighted by molar-refractivity contribution is 6.33. The molecule has 0 aromatic carbocycles. The van der Waals surface area contributed by atoms with E-state index in [1.807, 2.05) is 0 Å². The van der Waals surface area contributed by atoms with E-state index in [4.69, 9.17) is 22.9 Å². The van der Waals surface area contributed by atoms with E-state index in [1.165, 1.54) is 6.07 Å². The van der Waals surface area contributed by atoms with Crippen LogP contribution in [0.3, 0.4) is 0 Å². The molecule has 0 radical (unpaired) electrons. The third-order valence-electron chi connectivity index (χ3n) is 1.69. The van der Waals surface area contributed by atoms with Crippen LogP contribution in [0.2, 0.25) is 5.15 Å². The third-order valence-corrected chi connectivity index (χ3v) is 1.95. The molecule has 5 heteroatoms. The number of pyridine rings is 1. The first-order chi connectivity index (χ1) is 7.10. The highest BCUT2D eigenvalue weighted by Gasteiger charge is 2.17. The van der Waals surface area contributed by atoms with Crippen molar-refractivity contribution in [3.05, 3.63) is 33.9 Å². The van der Waals surface area contributed by atoms with Gasteiger partial charge in [0.1, 0.15) is 5.15 Å². The maximum absolute atomic E-state index is 11.5. The van der Waals surface area contributed by atoms with Gasteiger partial charge in [0.05, 0.1) is 18.7 Å². The molecule has 0 N–H and O–H groups in total. The molecule has 78 valence electrons. The van der Waals surface area contributed by atoms with E-state index < -0.39 is 5.97 Å². The Morgan fingerprint density at radius 2 is 2.40 bits per heavy atom. The van der Waals surface area contributed by atoms with Gasteiger partial charge in [-0.2, -0.15) is 0 Å². The van der Waals surface area contributed by atoms with Crippen LogP contribution >= 0.6 is 11.6 Å². The molecular weight excluding hydrogens is 216 g/mol. The SMILES string of the molecule is [C-]#[N+]c1c(C(=O)OCC)cc(C)nc1Cl. The average Bonchev–Trinajstić information content (AvgIpc) is 2.17. The van der Waals surface area contributed by atoms with Gasteiger partial charge in [-0.1, -0.05) is 11.6 Å². The van der Waals surface area contributed by atoms with Crippen LogP contribution in [0.15, 0.2) is 6.07 Å². The molecule has 1 aromatic rings. The maximum Gasteiger partial charge on any atom is 0.327 e. The first-order valence-corrected chi connectivity index (χ1v) is 4.69. The second kappa shape index (κ2) is 4.76. The van der Waals surface area contributed by atoms with Gasteiger partial charge in [-0.25, -0.2) is 9.64 Å². The molecule has 0 saturated carbocycles. The van der Waals surface area contributed by atoms with Gasteiger partial charge in [0.2, 0.25) is 5.69 Å². The van der Waals surface area contributed by atoms with Gasteiger partial charge in [-0.3, -0.25) is 4.98 Å². The topological polar surface area (TPSA) is 43.5 Å². The molecule has 1 heterocycles. The summed E-state index contributed by atoms with van der Waals surface area (Å²) in [7, 11) is 0. The van der Waals surface area contributed by atoms with Crippen molar-refractivity contribution in [2.45, 2.75) is 13.8 Å². The van der Waals surface area contributed by atoms with Crippen LogP contribution in [-0.2, 0) is 4.74 Å². The Morgan fingerprint density at radius 1 is 1.73 bits per heavy atom. The number of aromatic nitrogens is 1. The van der Waals surface area contributed by atoms with Crippen molar-refractivity contribution >= 4 is 23.3 Å². The van der Waals surface area contributed by atoms with E-state index in [0.29, 0.717) is 5.69 Å². The summed E-state index contributed by atoms with van der Waals surface area (Å²) in [5.41, 5.74) is 0.792. The second-order valence-electron chi connectivity index (χ2n) is 2.78. The minimum Gasteiger partial charge on any atom is -0.463 e. The van der Waals surface area contributed by atoms with Gasteiger partial charge in [0.15, 0.2) is 0 Å². The summed E-state index contributed by atoms with van der Waals surface area (Å²) in [5, 5.41) is 0.0352. The van der Waals surface area contributed by atoms with Crippen LogP contribution in [0.4, 0.5) is 5.69 Å². The highest BCUT2D eigenvalue weighted by atomic mass is 35.5. The van der Waals surface area contributed by atoms with Crippen LogP contribution in [0, 0.1) is 13.5 Å². The number of esters is 1. The molecule has 0 aliphatic rings. The van der Waals surface area contributed by atoms with Crippen molar-refractivity contribution in [3.8, 4) is 0 Å². The number of ether oxygens (including phenoxy) is 1. The lowest BCUT2D eigenvalue weighted by atomic mass is 10.2. The molecule has 0 spiro atoms. The van der Waals surface area contributed by atoms with Gasteiger partial charge in [0, 0.05) is 5.69 Å². The molecule has 0 fully saturated rings. The van der Waals surface area contributed by atoms with E-state index >= 15 is 0 Å². The van der Waals surface area contributed by atoms with E-state index in [9.17, 15) is 4.79 Å². The molecule has 0 aliphatic heterocycles. The summed E-state index contributed by atoms with van der Waals surface area (Å²) >= 11 is 5.75. The normalized spacial score (nSPS) is 9.47. The number of nitrogens with zero attached hydrogens (tertiary/aromatic N) is 2. The summed E-state index contributed by atoms with van der Waals surface area (Å²) in [6.45, 7) is 10.6. The van der Waals surface area contributed by atoms with E-state index in [0.717, 1.165) is 0 Å². The largest absolute Gasteiger partial charge is 0.463 e. The van der Waals surface area contributed by atoms with Crippen LogP contribution in [0.5, 0.6) is 0 Å². The van der Waals surface area contributed by atoms with Gasteiger partial charge in [-0.05, 0) is 19.9 Å². The van der Waals surface area contributed by atoms with E-state index in [1.54, 1.807) is 13.8 Å². The van der Waals surface area contributed by atoms with Crippen molar-refractivity contribution in [3.63, 3.8) is 0 Å². The Hall–Kier alpha value is -1.60. The number of halogens is 1. The zero-order valence-corrected chi connectivity index (χ0v) is 9.13. The molecule has 1 aromatic heterocycles. The van der Waals surface area contributed by atoms with E-state index in [2.05, 4.69) is 9.83 Å². The standard InChI is InChI=1S/C10H9ClN2O2/c1-4-15-10(14)7-5-6(2)13-9(11)8(7)12-3/h5H,4H2,1-2H3. The number of hydrogen-bond donors (Lipinski definition) is 0. The van der Waals surface area contributed by atoms with Crippen molar-refractivity contribution < 1.29 is 9.53 Å². The molecule has 0 aliphatic carbocycles.